The van der Waals surface area contributed by atoms with Crippen molar-refractivity contribution in [2.24, 2.45) is 5.10 Å². The van der Waals surface area contributed by atoms with Crippen molar-refractivity contribution in [3.05, 3.63) is 59.4 Å². The van der Waals surface area contributed by atoms with Gasteiger partial charge in [-0.1, -0.05) is 12.1 Å². The normalized spacial score (nSPS) is 14.6. The summed E-state index contributed by atoms with van der Waals surface area (Å²) >= 11 is 0. The molecule has 1 aliphatic heterocycles. The van der Waals surface area contributed by atoms with Crippen LogP contribution in [-0.4, -0.2) is 28.0 Å². The van der Waals surface area contributed by atoms with E-state index in [0.717, 1.165) is 10.7 Å². The fourth-order valence-corrected chi connectivity index (χ4v) is 1.83. The lowest BCUT2D eigenvalue weighted by molar-refractivity contribution is 0.0660. The van der Waals surface area contributed by atoms with Crippen LogP contribution in [0.3, 0.4) is 0 Å². The van der Waals surface area contributed by atoms with Crippen LogP contribution in [0.15, 0.2) is 47.7 Å². The van der Waals surface area contributed by atoms with Gasteiger partial charge >= 0.3 is 0 Å². The first-order chi connectivity index (χ1) is 8.77. The number of nitrogens with zero attached hydrogens (tertiary/aromatic N) is 2. The third-order valence-electron chi connectivity index (χ3n) is 2.71. The number of amides is 2. The van der Waals surface area contributed by atoms with E-state index in [-0.39, 0.29) is 0 Å². The Morgan fingerprint density at radius 1 is 1.00 bits per heavy atom. The fourth-order valence-electron chi connectivity index (χ4n) is 1.83. The summed E-state index contributed by atoms with van der Waals surface area (Å²) in [6, 6.07) is 10.3. The molecule has 88 valence electrons. The monoisotopic (exact) mass is 239 g/mol. The summed E-state index contributed by atoms with van der Waals surface area (Å²) in [5.41, 5.74) is 1.52. The first kappa shape index (κ1) is 10.5. The van der Waals surface area contributed by atoms with Gasteiger partial charge in [-0.3, -0.25) is 9.59 Å². The summed E-state index contributed by atoms with van der Waals surface area (Å²) in [5, 5.41) is 4.80. The fraction of sp³-hybridized carbons (Fsp3) is 0. The molecular formula is C13H9N3O2. The van der Waals surface area contributed by atoms with Gasteiger partial charge in [0.2, 0.25) is 0 Å². The molecule has 0 saturated carbocycles. The van der Waals surface area contributed by atoms with Gasteiger partial charge in [0.05, 0.1) is 23.0 Å². The number of aromatic nitrogens is 1. The number of H-pyrrole nitrogens is 1. The molecule has 5 heteroatoms. The molecule has 1 aromatic heterocycles. The number of imide groups is 1. The highest BCUT2D eigenvalue weighted by Crippen LogP contribution is 2.22. The largest absolute Gasteiger partial charge is 0.360 e. The van der Waals surface area contributed by atoms with E-state index in [9.17, 15) is 9.59 Å². The number of hydrogen-bond donors (Lipinski definition) is 1. The van der Waals surface area contributed by atoms with Crippen LogP contribution >= 0.6 is 0 Å². The lowest BCUT2D eigenvalue weighted by atomic mass is 10.1. The molecule has 1 aromatic carbocycles. The molecular weight excluding hydrogens is 230 g/mol. The predicted molar refractivity (Wildman–Crippen MR) is 65.3 cm³/mol. The number of nitrogens with one attached hydrogen (secondary N) is 1. The maximum atomic E-state index is 11.9. The van der Waals surface area contributed by atoms with Crippen molar-refractivity contribution in [1.82, 2.24) is 9.99 Å². The Balaban J connectivity index is 1.93. The SMILES string of the molecule is O=C1c2ccccc2C(=O)N1/N=C\c1ccc[nH]1. The molecule has 0 radical (unpaired) electrons. The minimum Gasteiger partial charge on any atom is -0.360 e. The van der Waals surface area contributed by atoms with E-state index in [4.69, 9.17) is 0 Å². The van der Waals surface area contributed by atoms with E-state index in [1.165, 1.54) is 6.21 Å². The molecule has 2 heterocycles. The Hall–Kier alpha value is -2.69. The van der Waals surface area contributed by atoms with Gasteiger partial charge in [-0.25, -0.2) is 0 Å². The smallest absolute Gasteiger partial charge is 0.282 e. The Bertz CT molecular complexity index is 609. The number of fused-ring (bicyclic) bond motifs is 1. The molecule has 0 spiro atoms. The molecule has 0 atom stereocenters. The van der Waals surface area contributed by atoms with Gasteiger partial charge in [0.25, 0.3) is 11.8 Å². The van der Waals surface area contributed by atoms with Gasteiger partial charge in [-0.15, -0.1) is 0 Å². The lowest BCUT2D eigenvalue weighted by Gasteiger charge is -2.04. The molecule has 2 aromatic rings. The van der Waals surface area contributed by atoms with E-state index >= 15 is 0 Å². The molecule has 1 aliphatic rings. The number of hydrogen-bond acceptors (Lipinski definition) is 3. The molecule has 1 N–H and O–H groups in total. The molecule has 0 bridgehead atoms. The first-order valence-corrected chi connectivity index (χ1v) is 5.42. The topological polar surface area (TPSA) is 65.5 Å². The quantitative estimate of drug-likeness (QED) is 0.639. The second-order valence-electron chi connectivity index (χ2n) is 3.84. The maximum absolute atomic E-state index is 11.9. The summed E-state index contributed by atoms with van der Waals surface area (Å²) in [6.45, 7) is 0. The van der Waals surface area contributed by atoms with Gasteiger partial charge in [0.15, 0.2) is 0 Å². The van der Waals surface area contributed by atoms with E-state index in [1.807, 2.05) is 6.07 Å². The third-order valence-corrected chi connectivity index (χ3v) is 2.71. The number of hydrazone groups is 1. The van der Waals surface area contributed by atoms with Gasteiger partial charge in [0, 0.05) is 6.20 Å². The van der Waals surface area contributed by atoms with Crippen molar-refractivity contribution >= 4 is 18.0 Å². The van der Waals surface area contributed by atoms with Crippen LogP contribution in [0.1, 0.15) is 26.4 Å². The molecule has 0 aliphatic carbocycles. The average molecular weight is 239 g/mol. The molecule has 3 rings (SSSR count). The molecule has 2 amide bonds. The van der Waals surface area contributed by atoms with E-state index in [1.54, 1.807) is 36.5 Å². The summed E-state index contributed by atoms with van der Waals surface area (Å²) in [4.78, 5) is 26.8. The Labute approximate surface area is 103 Å². The van der Waals surface area contributed by atoms with Crippen molar-refractivity contribution in [3.63, 3.8) is 0 Å². The van der Waals surface area contributed by atoms with Crippen LogP contribution in [-0.2, 0) is 0 Å². The second kappa shape index (κ2) is 3.96. The molecule has 0 fully saturated rings. The maximum Gasteiger partial charge on any atom is 0.282 e. The number of rotatable bonds is 2. The highest BCUT2D eigenvalue weighted by molar-refractivity contribution is 6.21. The summed E-state index contributed by atoms with van der Waals surface area (Å²) < 4.78 is 0. The summed E-state index contributed by atoms with van der Waals surface area (Å²) in [7, 11) is 0. The zero-order valence-corrected chi connectivity index (χ0v) is 9.33. The van der Waals surface area contributed by atoms with Crippen molar-refractivity contribution in [3.8, 4) is 0 Å². The van der Waals surface area contributed by atoms with Crippen molar-refractivity contribution < 1.29 is 9.59 Å². The van der Waals surface area contributed by atoms with Crippen LogP contribution in [0.5, 0.6) is 0 Å². The van der Waals surface area contributed by atoms with E-state index in [2.05, 4.69) is 10.1 Å². The van der Waals surface area contributed by atoms with Gasteiger partial charge in [0.1, 0.15) is 0 Å². The Morgan fingerprint density at radius 2 is 1.67 bits per heavy atom. The van der Waals surface area contributed by atoms with Crippen LogP contribution in [0.2, 0.25) is 0 Å². The third kappa shape index (κ3) is 1.53. The zero-order chi connectivity index (χ0) is 12.5. The summed E-state index contributed by atoms with van der Waals surface area (Å²) in [6.07, 6.45) is 3.19. The molecule has 0 saturated heterocycles. The standard InChI is InChI=1S/C13H9N3O2/c17-12-10-5-1-2-6-11(10)13(18)16(12)15-8-9-4-3-7-14-9/h1-8,14H/b15-8-. The zero-order valence-electron chi connectivity index (χ0n) is 9.33. The van der Waals surface area contributed by atoms with Crippen LogP contribution in [0.25, 0.3) is 0 Å². The van der Waals surface area contributed by atoms with Crippen molar-refractivity contribution in [2.45, 2.75) is 0 Å². The minimum atomic E-state index is -0.390. The number of carbonyl (C=O) groups excluding carboxylic acids is 2. The Kier molecular flexibility index (Phi) is 2.30. The Morgan fingerprint density at radius 3 is 2.22 bits per heavy atom. The number of aromatic amines is 1. The van der Waals surface area contributed by atoms with Crippen LogP contribution in [0.4, 0.5) is 0 Å². The number of carbonyl (C=O) groups is 2. The van der Waals surface area contributed by atoms with Crippen molar-refractivity contribution in [2.75, 3.05) is 0 Å². The summed E-state index contributed by atoms with van der Waals surface area (Å²) in [5.74, 6) is -0.781. The van der Waals surface area contributed by atoms with Crippen LogP contribution < -0.4 is 0 Å². The highest BCUT2D eigenvalue weighted by Gasteiger charge is 2.35. The number of benzene rings is 1. The van der Waals surface area contributed by atoms with Gasteiger partial charge < -0.3 is 4.98 Å². The predicted octanol–water partition coefficient (Wildman–Crippen LogP) is 1.64. The van der Waals surface area contributed by atoms with Gasteiger partial charge in [-0.2, -0.15) is 10.1 Å². The molecule has 0 unspecified atom stereocenters. The average Bonchev–Trinajstić information content (AvgIpc) is 2.98. The second-order valence-corrected chi connectivity index (χ2v) is 3.84. The lowest BCUT2D eigenvalue weighted by Crippen LogP contribution is -2.24. The van der Waals surface area contributed by atoms with Crippen LogP contribution in [0, 0.1) is 0 Å². The molecule has 5 nitrogen and oxygen atoms in total. The van der Waals surface area contributed by atoms with Gasteiger partial charge in [-0.05, 0) is 24.3 Å². The van der Waals surface area contributed by atoms with Crippen molar-refractivity contribution in [1.29, 1.82) is 0 Å². The van der Waals surface area contributed by atoms with E-state index in [0.29, 0.717) is 11.1 Å². The molecule has 18 heavy (non-hydrogen) atoms. The minimum absolute atomic E-state index is 0.390. The van der Waals surface area contributed by atoms with E-state index < -0.39 is 11.8 Å². The highest BCUT2D eigenvalue weighted by atomic mass is 16.2. The first-order valence-electron chi connectivity index (χ1n) is 5.42.